The average molecular weight is 407 g/mol. The van der Waals surface area contributed by atoms with Gasteiger partial charge in [-0.2, -0.15) is 0 Å². The minimum absolute atomic E-state index is 0.0574. The van der Waals surface area contributed by atoms with Crippen molar-refractivity contribution in [3.05, 3.63) is 23.3 Å². The summed E-state index contributed by atoms with van der Waals surface area (Å²) in [5.41, 5.74) is 1.83. The quantitative estimate of drug-likeness (QED) is 0.269. The van der Waals surface area contributed by atoms with Crippen LogP contribution in [-0.4, -0.2) is 24.8 Å². The summed E-state index contributed by atoms with van der Waals surface area (Å²) in [5.74, 6) is 0.136. The van der Waals surface area contributed by atoms with Gasteiger partial charge in [-0.15, -0.1) is 0 Å². The number of allylic oxidation sites excluding steroid dienone is 3. The van der Waals surface area contributed by atoms with Crippen LogP contribution in [0.25, 0.3) is 0 Å². The van der Waals surface area contributed by atoms with Crippen LogP contribution >= 0.6 is 0 Å². The summed E-state index contributed by atoms with van der Waals surface area (Å²) in [6.07, 6.45) is 17.1. The van der Waals surface area contributed by atoms with E-state index in [1.165, 1.54) is 24.0 Å². The predicted octanol–water partition coefficient (Wildman–Crippen LogP) is 7.56. The second kappa shape index (κ2) is 14.0. The summed E-state index contributed by atoms with van der Waals surface area (Å²) in [7, 11) is 1.72. The monoisotopic (exact) mass is 406 g/mol. The highest BCUT2D eigenvalue weighted by Crippen LogP contribution is 2.48. The average Bonchev–Trinajstić information content (AvgIpc) is 2.68. The molecular formula is C26H46O3. The molecule has 3 heteroatoms. The molecule has 1 N–H and O–H groups in total. The number of aliphatic carboxylic acids is 1. The number of unbranched alkanes of at least 4 members (excludes halogenated alkanes) is 4. The first-order chi connectivity index (χ1) is 13.9. The Labute approximate surface area is 180 Å². The van der Waals surface area contributed by atoms with E-state index >= 15 is 0 Å². The maximum atomic E-state index is 12.7. The fourth-order valence-electron chi connectivity index (χ4n) is 4.68. The van der Waals surface area contributed by atoms with Crippen LogP contribution in [0.15, 0.2) is 23.3 Å². The lowest BCUT2D eigenvalue weighted by atomic mass is 9.62. The van der Waals surface area contributed by atoms with Crippen molar-refractivity contribution in [2.75, 3.05) is 13.7 Å². The lowest BCUT2D eigenvalue weighted by Gasteiger charge is -2.40. The molecule has 168 valence electrons. The van der Waals surface area contributed by atoms with Crippen molar-refractivity contribution in [3.8, 4) is 0 Å². The second-order valence-corrected chi connectivity index (χ2v) is 9.32. The summed E-state index contributed by atoms with van der Waals surface area (Å²) in [5, 5.41) is 10.5. The van der Waals surface area contributed by atoms with Gasteiger partial charge in [-0.1, -0.05) is 89.5 Å². The summed E-state index contributed by atoms with van der Waals surface area (Å²) >= 11 is 0. The van der Waals surface area contributed by atoms with Gasteiger partial charge in [-0.25, -0.2) is 0 Å². The third kappa shape index (κ3) is 8.28. The molecule has 0 heterocycles. The third-order valence-electron chi connectivity index (χ3n) is 6.40. The van der Waals surface area contributed by atoms with Crippen LogP contribution in [-0.2, 0) is 9.53 Å². The maximum absolute atomic E-state index is 12.7. The van der Waals surface area contributed by atoms with Crippen LogP contribution in [0.5, 0.6) is 0 Å². The highest BCUT2D eigenvalue weighted by atomic mass is 16.5. The molecule has 0 saturated carbocycles. The van der Waals surface area contributed by atoms with E-state index in [4.69, 9.17) is 4.74 Å². The lowest BCUT2D eigenvalue weighted by molar-refractivity contribution is -0.149. The smallest absolute Gasteiger partial charge is 0.314 e. The summed E-state index contributed by atoms with van der Waals surface area (Å²) in [6.45, 7) is 9.54. The molecule has 0 saturated heterocycles. The molecule has 0 aromatic heterocycles. The number of rotatable bonds is 16. The van der Waals surface area contributed by atoms with Gasteiger partial charge in [0.2, 0.25) is 0 Å². The molecule has 29 heavy (non-hydrogen) atoms. The summed E-state index contributed by atoms with van der Waals surface area (Å²) in [6, 6.07) is 0. The van der Waals surface area contributed by atoms with Gasteiger partial charge < -0.3 is 9.84 Å². The van der Waals surface area contributed by atoms with Crippen LogP contribution in [0.2, 0.25) is 0 Å². The van der Waals surface area contributed by atoms with Crippen LogP contribution in [0.1, 0.15) is 105 Å². The van der Waals surface area contributed by atoms with Crippen molar-refractivity contribution in [1.82, 2.24) is 0 Å². The van der Waals surface area contributed by atoms with Crippen molar-refractivity contribution >= 4 is 5.97 Å². The number of hydrogen-bond acceptors (Lipinski definition) is 2. The van der Waals surface area contributed by atoms with Crippen molar-refractivity contribution in [1.29, 1.82) is 0 Å². The van der Waals surface area contributed by atoms with Gasteiger partial charge in [0.05, 0.1) is 5.41 Å². The Balaban J connectivity index is 3.14. The van der Waals surface area contributed by atoms with E-state index in [1.54, 1.807) is 7.11 Å². The van der Waals surface area contributed by atoms with E-state index in [1.807, 2.05) is 0 Å². The van der Waals surface area contributed by atoms with E-state index in [-0.39, 0.29) is 5.92 Å². The van der Waals surface area contributed by atoms with Crippen LogP contribution < -0.4 is 0 Å². The zero-order valence-corrected chi connectivity index (χ0v) is 19.8. The Bertz CT molecular complexity index is 532. The number of hydrogen-bond donors (Lipinski definition) is 1. The highest BCUT2D eigenvalue weighted by Gasteiger charge is 2.46. The maximum Gasteiger partial charge on any atom is 0.314 e. The molecule has 0 amide bonds. The van der Waals surface area contributed by atoms with E-state index in [0.717, 1.165) is 70.1 Å². The number of carboxylic acids is 1. The normalized spacial score (nSPS) is 21.9. The highest BCUT2D eigenvalue weighted by molar-refractivity contribution is 5.79. The molecule has 0 fully saturated rings. The van der Waals surface area contributed by atoms with Gasteiger partial charge in [-0.05, 0) is 44.4 Å². The first kappa shape index (κ1) is 25.9. The first-order valence-electron chi connectivity index (χ1n) is 12.1. The molecule has 0 aliphatic heterocycles. The van der Waals surface area contributed by atoms with Crippen molar-refractivity contribution < 1.29 is 14.6 Å². The van der Waals surface area contributed by atoms with Gasteiger partial charge in [0, 0.05) is 19.6 Å². The fraction of sp³-hybridized carbons (Fsp3) is 0.808. The Morgan fingerprint density at radius 1 is 1.10 bits per heavy atom. The van der Waals surface area contributed by atoms with Crippen molar-refractivity contribution in [2.24, 2.45) is 17.3 Å². The van der Waals surface area contributed by atoms with Crippen molar-refractivity contribution in [3.63, 3.8) is 0 Å². The molecule has 1 aliphatic rings. The zero-order chi connectivity index (χ0) is 21.7. The molecule has 3 nitrogen and oxygen atoms in total. The van der Waals surface area contributed by atoms with Crippen LogP contribution in [0, 0.1) is 17.3 Å². The Morgan fingerprint density at radius 2 is 1.79 bits per heavy atom. The SMILES string of the molecule is CCCCC1=CC(CCCCCC(C)C)(C(=O)O)C(CCOC)C(CCCC)=C1. The molecule has 2 atom stereocenters. The minimum Gasteiger partial charge on any atom is -0.481 e. The number of methoxy groups -OCH3 is 1. The van der Waals surface area contributed by atoms with Gasteiger partial charge >= 0.3 is 5.97 Å². The van der Waals surface area contributed by atoms with Gasteiger partial charge in [0.25, 0.3) is 0 Å². The molecule has 2 unspecified atom stereocenters. The van der Waals surface area contributed by atoms with E-state index in [2.05, 4.69) is 39.8 Å². The minimum atomic E-state index is -0.767. The topological polar surface area (TPSA) is 46.5 Å². The molecule has 0 radical (unpaired) electrons. The molecular weight excluding hydrogens is 360 g/mol. The Morgan fingerprint density at radius 3 is 2.38 bits per heavy atom. The Hall–Kier alpha value is -1.09. The molecule has 0 aromatic carbocycles. The summed E-state index contributed by atoms with van der Waals surface area (Å²) < 4.78 is 5.39. The van der Waals surface area contributed by atoms with Crippen LogP contribution in [0.4, 0.5) is 0 Å². The van der Waals surface area contributed by atoms with Crippen LogP contribution in [0.3, 0.4) is 0 Å². The standard InChI is InChI=1S/C26H46O3/c1-6-8-14-22-19-23(15-9-7-2)24(16-18-29-5)26(20-22,25(27)28)17-12-10-11-13-21(3)4/h19-21,24H,6-18H2,1-5H3,(H,27,28). The molecule has 0 bridgehead atoms. The van der Waals surface area contributed by atoms with Gasteiger partial charge in [0.1, 0.15) is 0 Å². The van der Waals surface area contributed by atoms with E-state index < -0.39 is 11.4 Å². The number of ether oxygens (including phenoxy) is 1. The third-order valence-corrected chi connectivity index (χ3v) is 6.40. The second-order valence-electron chi connectivity index (χ2n) is 9.32. The summed E-state index contributed by atoms with van der Waals surface area (Å²) in [4.78, 5) is 12.7. The lowest BCUT2D eigenvalue weighted by Crippen LogP contribution is -2.41. The predicted molar refractivity (Wildman–Crippen MR) is 123 cm³/mol. The van der Waals surface area contributed by atoms with E-state index in [9.17, 15) is 9.90 Å². The van der Waals surface area contributed by atoms with Crippen molar-refractivity contribution in [2.45, 2.75) is 105 Å². The first-order valence-corrected chi connectivity index (χ1v) is 12.1. The fourth-order valence-corrected chi connectivity index (χ4v) is 4.68. The molecule has 0 aromatic rings. The largest absolute Gasteiger partial charge is 0.481 e. The number of carboxylic acid groups (broad SMARTS) is 1. The molecule has 0 spiro atoms. The van der Waals surface area contributed by atoms with Gasteiger partial charge in [-0.3, -0.25) is 4.79 Å². The zero-order valence-electron chi connectivity index (χ0n) is 19.8. The number of carbonyl (C=O) groups is 1. The molecule has 1 aliphatic carbocycles. The molecule has 1 rings (SSSR count). The van der Waals surface area contributed by atoms with E-state index in [0.29, 0.717) is 6.61 Å². The van der Waals surface area contributed by atoms with Gasteiger partial charge in [0.15, 0.2) is 0 Å². The Kier molecular flexibility index (Phi) is 12.5.